The van der Waals surface area contributed by atoms with Crippen LogP contribution in [-0.2, 0) is 0 Å². The largest absolute Gasteiger partial charge is 0.497 e. The van der Waals surface area contributed by atoms with Crippen molar-refractivity contribution in [3.63, 3.8) is 0 Å². The topological polar surface area (TPSA) is 79.7 Å². The number of anilines is 2. The first-order valence-electron chi connectivity index (χ1n) is 8.58. The van der Waals surface area contributed by atoms with Gasteiger partial charge in [-0.3, -0.25) is 0 Å². The van der Waals surface area contributed by atoms with E-state index in [0.717, 1.165) is 16.6 Å². The minimum absolute atomic E-state index is 0.0799. The van der Waals surface area contributed by atoms with Crippen LogP contribution in [0.2, 0.25) is 0 Å². The Morgan fingerprint density at radius 3 is 2.59 bits per heavy atom. The number of hydrogen-bond donors (Lipinski definition) is 2. The van der Waals surface area contributed by atoms with Crippen molar-refractivity contribution in [1.29, 1.82) is 0 Å². The fourth-order valence-electron chi connectivity index (χ4n) is 2.92. The summed E-state index contributed by atoms with van der Waals surface area (Å²) in [7, 11) is 7.15. The van der Waals surface area contributed by atoms with Crippen LogP contribution >= 0.6 is 0 Å². The van der Waals surface area contributed by atoms with Crippen molar-refractivity contribution >= 4 is 22.4 Å². The van der Waals surface area contributed by atoms with Gasteiger partial charge in [0.2, 0.25) is 0 Å². The van der Waals surface area contributed by atoms with Crippen molar-refractivity contribution in [2.75, 3.05) is 45.1 Å². The minimum atomic E-state index is -0.319. The van der Waals surface area contributed by atoms with Crippen LogP contribution < -0.4 is 19.7 Å². The third-order valence-corrected chi connectivity index (χ3v) is 4.42. The van der Waals surface area contributed by atoms with E-state index in [0.29, 0.717) is 22.8 Å². The predicted molar refractivity (Wildman–Crippen MR) is 107 cm³/mol. The summed E-state index contributed by atoms with van der Waals surface area (Å²) in [6.07, 6.45) is 1.48. The second-order valence-electron chi connectivity index (χ2n) is 6.32. The average molecular weight is 368 g/mol. The summed E-state index contributed by atoms with van der Waals surface area (Å²) in [4.78, 5) is 10.7. The van der Waals surface area contributed by atoms with Crippen LogP contribution in [0.15, 0.2) is 42.7 Å². The Bertz CT molecular complexity index is 930. The molecule has 7 nitrogen and oxygen atoms in total. The van der Waals surface area contributed by atoms with Crippen LogP contribution in [0.5, 0.6) is 11.5 Å². The SMILES string of the molecule is COc1cc(OC)c2ncnc(N[C@@H](CO)c3cccc(N(C)C)c3)c2c1. The van der Waals surface area contributed by atoms with E-state index in [-0.39, 0.29) is 12.6 Å². The van der Waals surface area contributed by atoms with Gasteiger partial charge in [0.15, 0.2) is 0 Å². The zero-order chi connectivity index (χ0) is 19.4. The van der Waals surface area contributed by atoms with Crippen molar-refractivity contribution in [2.45, 2.75) is 6.04 Å². The van der Waals surface area contributed by atoms with Gasteiger partial charge in [-0.25, -0.2) is 9.97 Å². The average Bonchev–Trinajstić information content (AvgIpc) is 2.71. The van der Waals surface area contributed by atoms with Crippen molar-refractivity contribution in [1.82, 2.24) is 9.97 Å². The van der Waals surface area contributed by atoms with E-state index in [2.05, 4.69) is 15.3 Å². The minimum Gasteiger partial charge on any atom is -0.497 e. The standard InChI is InChI=1S/C20H24N4O3/c1-24(2)14-7-5-6-13(8-14)17(11-25)23-20-16-9-15(26-3)10-18(27-4)19(16)21-12-22-20/h5-10,12,17,25H,11H2,1-4H3,(H,21,22,23)/t17-/m0/s1. The third-order valence-electron chi connectivity index (χ3n) is 4.42. The zero-order valence-electron chi connectivity index (χ0n) is 15.9. The molecule has 0 saturated heterocycles. The monoisotopic (exact) mass is 368 g/mol. The van der Waals surface area contributed by atoms with E-state index in [1.54, 1.807) is 20.3 Å². The van der Waals surface area contributed by atoms with E-state index in [9.17, 15) is 5.11 Å². The van der Waals surface area contributed by atoms with Gasteiger partial charge in [-0.1, -0.05) is 12.1 Å². The van der Waals surface area contributed by atoms with Crippen LogP contribution in [0.4, 0.5) is 11.5 Å². The number of aromatic nitrogens is 2. The summed E-state index contributed by atoms with van der Waals surface area (Å²) in [5, 5.41) is 14.1. The summed E-state index contributed by atoms with van der Waals surface area (Å²) in [5.41, 5.74) is 2.70. The molecule has 2 N–H and O–H groups in total. The molecule has 0 amide bonds. The molecule has 0 aliphatic rings. The van der Waals surface area contributed by atoms with E-state index in [4.69, 9.17) is 9.47 Å². The fourth-order valence-corrected chi connectivity index (χ4v) is 2.92. The predicted octanol–water partition coefficient (Wildman–Crippen LogP) is 2.86. The second-order valence-corrected chi connectivity index (χ2v) is 6.32. The van der Waals surface area contributed by atoms with Crippen LogP contribution in [0.3, 0.4) is 0 Å². The number of nitrogens with zero attached hydrogens (tertiary/aromatic N) is 3. The van der Waals surface area contributed by atoms with E-state index in [1.165, 1.54) is 6.33 Å². The number of methoxy groups -OCH3 is 2. The van der Waals surface area contributed by atoms with Gasteiger partial charge in [-0.05, 0) is 23.8 Å². The molecule has 3 aromatic rings. The van der Waals surface area contributed by atoms with Crippen molar-refractivity contribution < 1.29 is 14.6 Å². The van der Waals surface area contributed by atoms with Crippen molar-refractivity contribution in [2.24, 2.45) is 0 Å². The summed E-state index contributed by atoms with van der Waals surface area (Å²) < 4.78 is 10.8. The van der Waals surface area contributed by atoms with Crippen LogP contribution in [0, 0.1) is 0 Å². The first-order chi connectivity index (χ1) is 13.1. The Hall–Kier alpha value is -3.06. The molecular weight excluding hydrogens is 344 g/mol. The highest BCUT2D eigenvalue weighted by molar-refractivity contribution is 5.94. The number of aliphatic hydroxyl groups excluding tert-OH is 1. The molecule has 0 aliphatic heterocycles. The molecule has 142 valence electrons. The molecule has 0 aliphatic carbocycles. The molecule has 0 saturated carbocycles. The maximum atomic E-state index is 9.97. The number of aliphatic hydroxyl groups is 1. The van der Waals surface area contributed by atoms with Crippen LogP contribution in [-0.4, -0.2) is 50.0 Å². The van der Waals surface area contributed by atoms with Gasteiger partial charge >= 0.3 is 0 Å². The molecule has 0 unspecified atom stereocenters. The molecule has 2 aromatic carbocycles. The van der Waals surface area contributed by atoms with Gasteiger partial charge in [-0.15, -0.1) is 0 Å². The molecule has 1 aromatic heterocycles. The fraction of sp³-hybridized carbons (Fsp3) is 0.300. The van der Waals surface area contributed by atoms with Gasteiger partial charge in [-0.2, -0.15) is 0 Å². The lowest BCUT2D eigenvalue weighted by Gasteiger charge is -2.21. The van der Waals surface area contributed by atoms with E-state index >= 15 is 0 Å². The molecule has 7 heteroatoms. The Morgan fingerprint density at radius 1 is 1.11 bits per heavy atom. The highest BCUT2D eigenvalue weighted by Crippen LogP contribution is 2.34. The first-order valence-corrected chi connectivity index (χ1v) is 8.58. The lowest BCUT2D eigenvalue weighted by molar-refractivity contribution is 0.276. The number of ether oxygens (including phenoxy) is 2. The number of nitrogens with one attached hydrogen (secondary N) is 1. The first kappa shape index (κ1) is 18.7. The summed E-state index contributed by atoms with van der Waals surface area (Å²) >= 11 is 0. The van der Waals surface area contributed by atoms with E-state index in [1.807, 2.05) is 49.3 Å². The lowest BCUT2D eigenvalue weighted by atomic mass is 10.1. The molecule has 1 atom stereocenters. The summed E-state index contributed by atoms with van der Waals surface area (Å²) in [6, 6.07) is 11.3. The van der Waals surface area contributed by atoms with E-state index < -0.39 is 0 Å². The molecule has 0 bridgehead atoms. The number of rotatable bonds is 7. The van der Waals surface area contributed by atoms with Crippen LogP contribution in [0.1, 0.15) is 11.6 Å². The molecule has 1 heterocycles. The Labute approximate surface area is 158 Å². The second kappa shape index (κ2) is 8.09. The number of fused-ring (bicyclic) bond motifs is 1. The quantitative estimate of drug-likeness (QED) is 0.664. The third kappa shape index (κ3) is 3.88. The Balaban J connectivity index is 2.03. The van der Waals surface area contributed by atoms with Gasteiger partial charge in [0.1, 0.15) is 29.2 Å². The van der Waals surface area contributed by atoms with Crippen LogP contribution in [0.25, 0.3) is 10.9 Å². The summed E-state index contributed by atoms with van der Waals surface area (Å²) in [5.74, 6) is 1.85. The highest BCUT2D eigenvalue weighted by atomic mass is 16.5. The molecule has 0 radical (unpaired) electrons. The maximum Gasteiger partial charge on any atom is 0.148 e. The molecule has 0 spiro atoms. The van der Waals surface area contributed by atoms with Gasteiger partial charge in [0, 0.05) is 25.8 Å². The van der Waals surface area contributed by atoms with Gasteiger partial charge < -0.3 is 24.8 Å². The molecule has 27 heavy (non-hydrogen) atoms. The Morgan fingerprint density at radius 2 is 1.93 bits per heavy atom. The smallest absolute Gasteiger partial charge is 0.148 e. The molecule has 3 rings (SSSR count). The lowest BCUT2D eigenvalue weighted by Crippen LogP contribution is -2.17. The van der Waals surface area contributed by atoms with Crippen molar-refractivity contribution in [3.8, 4) is 11.5 Å². The highest BCUT2D eigenvalue weighted by Gasteiger charge is 2.16. The van der Waals surface area contributed by atoms with Gasteiger partial charge in [0.25, 0.3) is 0 Å². The maximum absolute atomic E-state index is 9.97. The van der Waals surface area contributed by atoms with Gasteiger partial charge in [0.05, 0.1) is 32.3 Å². The molecular formula is C20H24N4O3. The Kier molecular flexibility index (Phi) is 5.61. The van der Waals surface area contributed by atoms with Crippen molar-refractivity contribution in [3.05, 3.63) is 48.3 Å². The normalized spacial score (nSPS) is 11.9. The molecule has 0 fully saturated rings. The summed E-state index contributed by atoms with van der Waals surface area (Å²) in [6.45, 7) is -0.0799. The number of hydrogen-bond acceptors (Lipinski definition) is 7. The number of benzene rings is 2. The zero-order valence-corrected chi connectivity index (χ0v) is 15.9.